The molecule has 0 aliphatic rings. The molecule has 0 aliphatic carbocycles. The average molecular weight is 919 g/mol. The van der Waals surface area contributed by atoms with Crippen molar-refractivity contribution >= 4 is 49.6 Å². The molecule has 1 aromatic heterocycles. The molecule has 0 bridgehead atoms. The number of fused-ring (bicyclic) bond motifs is 1. The first-order valence-corrected chi connectivity index (χ1v) is 17.6. The normalized spacial score (nSPS) is 11.7. The van der Waals surface area contributed by atoms with Crippen molar-refractivity contribution in [3.63, 3.8) is 0 Å². The molecule has 0 aliphatic heterocycles. The highest BCUT2D eigenvalue weighted by atomic mass is 32.1. The molecule has 7 aromatic rings. The van der Waals surface area contributed by atoms with Gasteiger partial charge in [-0.1, -0.05) is 47.7 Å². The number of hydrogen-bond donors (Lipinski definition) is 0. The van der Waals surface area contributed by atoms with E-state index in [1.807, 2.05) is 11.3 Å². The van der Waals surface area contributed by atoms with Crippen LogP contribution in [0.15, 0.2) is 54.0 Å². The average Bonchev–Trinajstić information content (AvgIpc) is 3.65. The number of nitrogens with zero attached hydrogens (tertiary/aromatic N) is 1. The lowest BCUT2D eigenvalue weighted by Crippen LogP contribution is -2.81. The summed E-state index contributed by atoms with van der Waals surface area (Å²) in [6, 6.07) is 17.2. The molecule has 0 radical (unpaired) electrons. The summed E-state index contributed by atoms with van der Waals surface area (Å²) in [4.78, 5) is 0. The van der Waals surface area contributed by atoms with E-state index in [2.05, 4.69) is 65.5 Å². The second-order valence-electron chi connectivity index (χ2n) is 13.1. The molecule has 0 fully saturated rings. The Hall–Kier alpha value is -6.13. The summed E-state index contributed by atoms with van der Waals surface area (Å²) in [7, 11) is 0. The zero-order chi connectivity index (χ0) is 46.0. The van der Waals surface area contributed by atoms with E-state index >= 15 is 35.1 Å². The molecule has 0 N–H and O–H groups in total. The second-order valence-corrected chi connectivity index (χ2v) is 14.0. The first-order valence-electron chi connectivity index (χ1n) is 16.7. The second kappa shape index (κ2) is 16.6. The van der Waals surface area contributed by atoms with E-state index in [1.165, 1.54) is 21.3 Å². The quantitative estimate of drug-likeness (QED) is 0.0515. The van der Waals surface area contributed by atoms with Crippen LogP contribution < -0.4 is 26.4 Å². The number of benzene rings is 6. The van der Waals surface area contributed by atoms with Gasteiger partial charge >= 0.3 is 0 Å². The van der Waals surface area contributed by atoms with Crippen molar-refractivity contribution in [1.82, 2.24) is 0 Å². The molecule has 62 heavy (non-hydrogen) atoms. The molecule has 7 rings (SSSR count). The molecule has 0 spiro atoms. The SMILES string of the molecule is Cc1ccc2c(c1)sc[n+]2Cc1ccccc1.Fc1c(F)c(F)c([B-](c2c(F)c(F)c(F)c(F)c2F)(c2c(F)c(F)c(F)c(F)c2F)c2c(F)c(F)c(F)c(F)c2F)c(F)c1F. The van der Waals surface area contributed by atoms with Crippen molar-refractivity contribution in [2.24, 2.45) is 0 Å². The Labute approximate surface area is 336 Å². The smallest absolute Gasteiger partial charge is 0.207 e. The molecular weight excluding hydrogens is 905 g/mol. The van der Waals surface area contributed by atoms with Crippen LogP contribution >= 0.6 is 11.3 Å². The van der Waals surface area contributed by atoms with Crippen LogP contribution in [0.25, 0.3) is 10.2 Å². The van der Waals surface area contributed by atoms with E-state index in [1.54, 1.807) is 0 Å². The molecule has 1 heterocycles. The van der Waals surface area contributed by atoms with Gasteiger partial charge in [-0.15, -0.1) is 21.9 Å². The third-order valence-corrected chi connectivity index (χ3v) is 10.6. The van der Waals surface area contributed by atoms with Crippen molar-refractivity contribution in [1.29, 1.82) is 0 Å². The van der Waals surface area contributed by atoms with Crippen LogP contribution in [0.1, 0.15) is 11.1 Å². The molecule has 0 saturated heterocycles. The van der Waals surface area contributed by atoms with Gasteiger partial charge in [0.2, 0.25) is 11.0 Å². The van der Waals surface area contributed by atoms with E-state index in [0.717, 1.165) is 6.54 Å². The maximum atomic E-state index is 15.4. The molecular formula is C39H14BF20NS. The van der Waals surface area contributed by atoms with Crippen LogP contribution in [0, 0.1) is 123 Å². The number of hydrogen-bond acceptors (Lipinski definition) is 1. The number of rotatable bonds is 6. The van der Waals surface area contributed by atoms with Crippen molar-refractivity contribution < 1.29 is 92.4 Å². The highest BCUT2D eigenvalue weighted by Gasteiger charge is 2.52. The molecule has 0 atom stereocenters. The molecule has 23 heteroatoms. The van der Waals surface area contributed by atoms with E-state index in [4.69, 9.17) is 0 Å². The minimum Gasteiger partial charge on any atom is -0.207 e. The monoisotopic (exact) mass is 919 g/mol. The Morgan fingerprint density at radius 2 is 0.677 bits per heavy atom. The van der Waals surface area contributed by atoms with Gasteiger partial charge in [0.25, 0.3) is 0 Å². The molecule has 6 aromatic carbocycles. The molecule has 0 amide bonds. The predicted molar refractivity (Wildman–Crippen MR) is 182 cm³/mol. The lowest BCUT2D eigenvalue weighted by molar-refractivity contribution is -0.658. The van der Waals surface area contributed by atoms with E-state index in [9.17, 15) is 52.7 Å². The maximum absolute atomic E-state index is 15.4. The number of thiazole rings is 1. The minimum absolute atomic E-state index is 0.948. The van der Waals surface area contributed by atoms with Crippen LogP contribution in [-0.4, -0.2) is 6.15 Å². The van der Waals surface area contributed by atoms with E-state index in [-0.39, 0.29) is 0 Å². The van der Waals surface area contributed by atoms with Crippen LogP contribution in [0.5, 0.6) is 0 Å². The molecule has 0 saturated carbocycles. The Morgan fingerprint density at radius 3 is 0.984 bits per heavy atom. The van der Waals surface area contributed by atoms with Gasteiger partial charge < -0.3 is 0 Å². The number of aryl methyl sites for hydroxylation is 1. The summed E-state index contributed by atoms with van der Waals surface area (Å²) >= 11 is 1.81. The van der Waals surface area contributed by atoms with Gasteiger partial charge in [-0.25, -0.2) is 87.8 Å². The third-order valence-electron chi connectivity index (χ3n) is 9.63. The summed E-state index contributed by atoms with van der Waals surface area (Å²) in [6.07, 6.45) is -7.22. The summed E-state index contributed by atoms with van der Waals surface area (Å²) in [5.41, 5.74) is -8.13. The zero-order valence-electron chi connectivity index (χ0n) is 29.9. The van der Waals surface area contributed by atoms with E-state index < -0.39 is 144 Å². The highest BCUT2D eigenvalue weighted by molar-refractivity contribution is 7.20. The predicted octanol–water partition coefficient (Wildman–Crippen LogP) is 9.39. The van der Waals surface area contributed by atoms with Crippen molar-refractivity contribution in [2.45, 2.75) is 13.5 Å². The van der Waals surface area contributed by atoms with Crippen LogP contribution in [0.4, 0.5) is 87.8 Å². The molecule has 324 valence electrons. The number of aromatic nitrogens is 1. The zero-order valence-corrected chi connectivity index (χ0v) is 30.7. The van der Waals surface area contributed by atoms with E-state index in [0.29, 0.717) is 0 Å². The Kier molecular flexibility index (Phi) is 12.2. The lowest BCUT2D eigenvalue weighted by atomic mass is 9.12. The summed E-state index contributed by atoms with van der Waals surface area (Å²) in [6.45, 7) is 3.09. The van der Waals surface area contributed by atoms with Crippen LogP contribution in [0.2, 0.25) is 0 Å². The van der Waals surface area contributed by atoms with Crippen LogP contribution in [0.3, 0.4) is 0 Å². The fraction of sp³-hybridized carbons (Fsp3) is 0.0513. The van der Waals surface area contributed by atoms with Gasteiger partial charge in [-0.3, -0.25) is 0 Å². The van der Waals surface area contributed by atoms with Gasteiger partial charge in [0.05, 0.1) is 0 Å². The fourth-order valence-electron chi connectivity index (χ4n) is 6.91. The lowest BCUT2D eigenvalue weighted by Gasteiger charge is -2.44. The summed E-state index contributed by atoms with van der Waals surface area (Å²) in [5.74, 6) is -71.4. The van der Waals surface area contributed by atoms with Gasteiger partial charge in [0.1, 0.15) is 57.4 Å². The third kappa shape index (κ3) is 6.89. The Bertz CT molecular complexity index is 2570. The topological polar surface area (TPSA) is 3.88 Å². The number of halogens is 20. The Morgan fingerprint density at radius 1 is 0.387 bits per heavy atom. The molecule has 1 nitrogen and oxygen atoms in total. The molecule has 0 unspecified atom stereocenters. The van der Waals surface area contributed by atoms with Gasteiger partial charge in [-0.05, 0) is 18.6 Å². The van der Waals surface area contributed by atoms with Gasteiger partial charge in [0.15, 0.2) is 76.4 Å². The summed E-state index contributed by atoms with van der Waals surface area (Å²) < 4.78 is 298. The first-order chi connectivity index (χ1) is 29.0. The Balaban J connectivity index is 0.000000311. The minimum atomic E-state index is -7.22. The standard InChI is InChI=1S/C24BF20.C15H14NS/c26-5-1(6(27)14(35)21(42)13(5)34)25(2-7(28)15(36)22(43)16(37)8(2)29,3-9(30)17(38)23(44)18(39)10(3)31)4-11(32)19(40)24(45)20(41)12(4)33;1-12-7-8-14-15(9-12)17-11-16(14)10-13-5-3-2-4-6-13/h;2-9,11H,10H2,1H3/q-1;+1. The largest absolute Gasteiger partial charge is 0.226 e. The van der Waals surface area contributed by atoms with Crippen LogP contribution in [-0.2, 0) is 6.54 Å². The van der Waals surface area contributed by atoms with Gasteiger partial charge in [0, 0.05) is 11.6 Å². The fourth-order valence-corrected chi connectivity index (χ4v) is 7.90. The van der Waals surface area contributed by atoms with Crippen molar-refractivity contribution in [2.75, 3.05) is 0 Å². The van der Waals surface area contributed by atoms with Crippen molar-refractivity contribution in [3.05, 3.63) is 182 Å². The maximum Gasteiger partial charge on any atom is 0.226 e. The van der Waals surface area contributed by atoms with Gasteiger partial charge in [-0.2, -0.15) is 4.57 Å². The summed E-state index contributed by atoms with van der Waals surface area (Å²) in [5, 5.41) is 0. The van der Waals surface area contributed by atoms with Crippen molar-refractivity contribution in [3.8, 4) is 0 Å². The highest BCUT2D eigenvalue weighted by Crippen LogP contribution is 2.31. The first kappa shape index (κ1) is 45.4.